The van der Waals surface area contributed by atoms with Gasteiger partial charge in [0.2, 0.25) is 5.88 Å². The van der Waals surface area contributed by atoms with Crippen LogP contribution >= 0.6 is 0 Å². The van der Waals surface area contributed by atoms with Crippen LogP contribution in [-0.2, 0) is 9.31 Å². The van der Waals surface area contributed by atoms with Gasteiger partial charge >= 0.3 is 7.12 Å². The zero-order chi connectivity index (χ0) is 28.1. The lowest BCUT2D eigenvalue weighted by atomic mass is 9.74. The first-order chi connectivity index (χ1) is 18.3. The van der Waals surface area contributed by atoms with Crippen molar-refractivity contribution < 1.29 is 18.1 Å². The van der Waals surface area contributed by atoms with Crippen LogP contribution in [0.1, 0.15) is 70.2 Å². The zero-order valence-electron chi connectivity index (χ0n) is 24.2. The third-order valence-corrected chi connectivity index (χ3v) is 8.15. The number of nitrogens with zero attached hydrogens (tertiary/aromatic N) is 1. The summed E-state index contributed by atoms with van der Waals surface area (Å²) in [4.78, 5) is 15.8. The first-order valence-corrected chi connectivity index (χ1v) is 14.0. The third kappa shape index (κ3) is 5.59. The Labute approximate surface area is 231 Å². The molecule has 0 radical (unpaired) electrons. The molecule has 0 bridgehead atoms. The molecule has 39 heavy (non-hydrogen) atoms. The van der Waals surface area contributed by atoms with Crippen LogP contribution in [0.15, 0.2) is 39.5 Å². The molecule has 0 spiro atoms. The van der Waals surface area contributed by atoms with Crippen molar-refractivity contribution in [1.29, 1.82) is 0 Å². The van der Waals surface area contributed by atoms with Crippen molar-refractivity contribution in [3.63, 3.8) is 0 Å². The van der Waals surface area contributed by atoms with Gasteiger partial charge in [0.1, 0.15) is 11.4 Å². The Kier molecular flexibility index (Phi) is 7.31. The SMILES string of the molecule is Cc1cc(C(C)Nc2cccc(F)c2B2OCC(C)(C)CO2)c2oc(N3CCC(C)(C)CC3)c(C)c(=O)c2c1. The number of rotatable bonds is 5. The summed E-state index contributed by atoms with van der Waals surface area (Å²) in [6.45, 7) is 17.2. The smallest absolute Gasteiger partial charge is 0.440 e. The van der Waals surface area contributed by atoms with Crippen molar-refractivity contribution >= 4 is 35.1 Å². The number of benzene rings is 2. The molecular formula is C31H40BFN2O4. The maximum Gasteiger partial charge on any atom is 0.499 e. The summed E-state index contributed by atoms with van der Waals surface area (Å²) in [5.41, 5.74) is 4.12. The van der Waals surface area contributed by atoms with Gasteiger partial charge in [-0.1, -0.05) is 39.8 Å². The van der Waals surface area contributed by atoms with E-state index in [1.54, 1.807) is 6.07 Å². The molecule has 0 saturated carbocycles. The second kappa shape index (κ2) is 10.3. The number of anilines is 2. The average molecular weight is 534 g/mol. The molecule has 2 aliphatic rings. The number of aryl methyl sites for hydroxylation is 1. The summed E-state index contributed by atoms with van der Waals surface area (Å²) in [6, 6.07) is 8.58. The highest BCUT2D eigenvalue weighted by atomic mass is 19.1. The van der Waals surface area contributed by atoms with Gasteiger partial charge in [-0.05, 0) is 62.8 Å². The first kappa shape index (κ1) is 27.7. The van der Waals surface area contributed by atoms with Gasteiger partial charge < -0.3 is 23.9 Å². The molecule has 3 aromatic rings. The van der Waals surface area contributed by atoms with E-state index in [4.69, 9.17) is 13.7 Å². The van der Waals surface area contributed by atoms with Gasteiger partial charge in [-0.3, -0.25) is 4.79 Å². The lowest BCUT2D eigenvalue weighted by Crippen LogP contribution is -2.49. The van der Waals surface area contributed by atoms with E-state index in [-0.39, 0.29) is 28.1 Å². The normalized spacial score (nSPS) is 19.8. The maximum atomic E-state index is 15.1. The molecule has 2 saturated heterocycles. The minimum atomic E-state index is -0.793. The molecule has 2 aliphatic heterocycles. The number of piperidine rings is 1. The number of fused-ring (bicyclic) bond motifs is 1. The number of halogens is 1. The van der Waals surface area contributed by atoms with Crippen LogP contribution in [0.4, 0.5) is 16.0 Å². The lowest BCUT2D eigenvalue weighted by Gasteiger charge is -2.37. The largest absolute Gasteiger partial charge is 0.499 e. The van der Waals surface area contributed by atoms with Crippen LogP contribution in [0.3, 0.4) is 0 Å². The van der Waals surface area contributed by atoms with Gasteiger partial charge in [0, 0.05) is 48.4 Å². The molecular weight excluding hydrogens is 494 g/mol. The van der Waals surface area contributed by atoms with Gasteiger partial charge in [-0.2, -0.15) is 0 Å². The molecule has 6 nitrogen and oxygen atoms in total. The van der Waals surface area contributed by atoms with Crippen molar-refractivity contribution in [3.8, 4) is 0 Å². The average Bonchev–Trinajstić information content (AvgIpc) is 2.87. The number of hydrogen-bond acceptors (Lipinski definition) is 6. The molecule has 2 aromatic carbocycles. The molecule has 1 atom stereocenters. The van der Waals surface area contributed by atoms with E-state index in [0.717, 1.165) is 37.1 Å². The molecule has 0 aliphatic carbocycles. The zero-order valence-corrected chi connectivity index (χ0v) is 24.2. The van der Waals surface area contributed by atoms with E-state index in [9.17, 15) is 4.79 Å². The molecule has 5 rings (SSSR count). The topological polar surface area (TPSA) is 63.9 Å². The summed E-state index contributed by atoms with van der Waals surface area (Å²) in [7, 11) is -0.793. The number of hydrogen-bond donors (Lipinski definition) is 1. The van der Waals surface area contributed by atoms with Crippen LogP contribution in [0, 0.1) is 30.5 Å². The van der Waals surface area contributed by atoms with Gasteiger partial charge in [0.25, 0.3) is 0 Å². The molecule has 1 unspecified atom stereocenters. The maximum absolute atomic E-state index is 15.1. The minimum Gasteiger partial charge on any atom is -0.440 e. The molecule has 1 aromatic heterocycles. The van der Waals surface area contributed by atoms with Crippen molar-refractivity contribution in [3.05, 3.63) is 63.1 Å². The number of nitrogens with one attached hydrogen (secondary N) is 1. The van der Waals surface area contributed by atoms with E-state index >= 15 is 4.39 Å². The van der Waals surface area contributed by atoms with Gasteiger partial charge in [0.15, 0.2) is 5.43 Å². The molecule has 0 amide bonds. The fraction of sp³-hybridized carbons (Fsp3) is 0.516. The van der Waals surface area contributed by atoms with Crippen molar-refractivity contribution in [2.75, 3.05) is 36.5 Å². The minimum absolute atomic E-state index is 0.00806. The summed E-state index contributed by atoms with van der Waals surface area (Å²) in [6.07, 6.45) is 2.08. The summed E-state index contributed by atoms with van der Waals surface area (Å²) in [5, 5.41) is 4.04. The van der Waals surface area contributed by atoms with Crippen LogP contribution in [0.2, 0.25) is 0 Å². The quantitative estimate of drug-likeness (QED) is 0.398. The molecule has 2 fully saturated rings. The highest BCUT2D eigenvalue weighted by Crippen LogP contribution is 2.36. The van der Waals surface area contributed by atoms with E-state index < -0.39 is 7.12 Å². The summed E-state index contributed by atoms with van der Waals surface area (Å²) < 4.78 is 33.6. The summed E-state index contributed by atoms with van der Waals surface area (Å²) in [5.74, 6) is 0.266. The van der Waals surface area contributed by atoms with E-state index in [0.29, 0.717) is 46.8 Å². The fourth-order valence-electron chi connectivity index (χ4n) is 5.57. The molecule has 8 heteroatoms. The summed E-state index contributed by atoms with van der Waals surface area (Å²) >= 11 is 0. The second-order valence-electron chi connectivity index (χ2n) is 12.9. The Morgan fingerprint density at radius 3 is 2.36 bits per heavy atom. The molecule has 1 N–H and O–H groups in total. The van der Waals surface area contributed by atoms with E-state index in [1.165, 1.54) is 6.07 Å². The molecule has 208 valence electrons. The molecule has 3 heterocycles. The predicted octanol–water partition coefficient (Wildman–Crippen LogP) is 6.12. The highest BCUT2D eigenvalue weighted by Gasteiger charge is 2.37. The van der Waals surface area contributed by atoms with Crippen LogP contribution in [0.25, 0.3) is 11.0 Å². The predicted molar refractivity (Wildman–Crippen MR) is 157 cm³/mol. The van der Waals surface area contributed by atoms with Crippen LogP contribution in [0.5, 0.6) is 0 Å². The second-order valence-corrected chi connectivity index (χ2v) is 12.9. The van der Waals surface area contributed by atoms with Crippen molar-refractivity contribution in [2.45, 2.75) is 67.3 Å². The fourth-order valence-corrected chi connectivity index (χ4v) is 5.57. The highest BCUT2D eigenvalue weighted by molar-refractivity contribution is 6.63. The monoisotopic (exact) mass is 534 g/mol. The van der Waals surface area contributed by atoms with Gasteiger partial charge in [0.05, 0.1) is 17.0 Å². The van der Waals surface area contributed by atoms with Crippen molar-refractivity contribution in [1.82, 2.24) is 0 Å². The Morgan fingerprint density at radius 1 is 1.03 bits per heavy atom. The Morgan fingerprint density at radius 2 is 1.69 bits per heavy atom. The Bertz CT molecular complexity index is 1430. The Balaban J connectivity index is 1.52. The Hall–Kier alpha value is -2.84. The lowest BCUT2D eigenvalue weighted by molar-refractivity contribution is 0.0341. The van der Waals surface area contributed by atoms with Crippen LogP contribution in [-0.4, -0.2) is 33.4 Å². The van der Waals surface area contributed by atoms with Crippen LogP contribution < -0.4 is 21.1 Å². The van der Waals surface area contributed by atoms with Gasteiger partial charge in [-0.25, -0.2) is 4.39 Å². The van der Waals surface area contributed by atoms with E-state index in [2.05, 4.69) is 37.9 Å². The van der Waals surface area contributed by atoms with E-state index in [1.807, 2.05) is 39.0 Å². The van der Waals surface area contributed by atoms with Gasteiger partial charge in [-0.15, -0.1) is 0 Å². The van der Waals surface area contributed by atoms with Crippen molar-refractivity contribution in [2.24, 2.45) is 10.8 Å². The third-order valence-electron chi connectivity index (χ3n) is 8.15. The standard InChI is InChI=1S/C31H40BFN2O4/c1-19-15-22(21(3)34-25-10-8-9-24(33)26(25)32-37-17-31(6,7)18-38-32)28-23(16-19)27(36)20(2)29(39-28)35-13-11-30(4,5)12-14-35/h8-10,15-16,21,34H,11-14,17-18H2,1-7H3. The first-order valence-electron chi connectivity index (χ1n) is 14.0.